The normalized spacial score (nSPS) is 13.3. The van der Waals surface area contributed by atoms with Gasteiger partial charge >= 0.3 is 0 Å². The minimum absolute atomic E-state index is 0.00372. The second-order valence-corrected chi connectivity index (χ2v) is 9.41. The van der Waals surface area contributed by atoms with Crippen LogP contribution < -0.4 is 0 Å². The van der Waals surface area contributed by atoms with Crippen LogP contribution >= 0.6 is 11.8 Å². The van der Waals surface area contributed by atoms with Crippen molar-refractivity contribution in [3.63, 3.8) is 0 Å². The average Bonchev–Trinajstić information content (AvgIpc) is 3.22. The van der Waals surface area contributed by atoms with Crippen molar-refractivity contribution in [1.82, 2.24) is 24.9 Å². The van der Waals surface area contributed by atoms with E-state index in [0.29, 0.717) is 5.89 Å². The number of nitrogens with zero attached hydrogens (tertiary/aromatic N) is 5. The first kappa shape index (κ1) is 19.6. The quantitative estimate of drug-likeness (QED) is 0.566. The van der Waals surface area contributed by atoms with Gasteiger partial charge in [-0.1, -0.05) is 75.8 Å². The van der Waals surface area contributed by atoms with Crippen molar-refractivity contribution < 1.29 is 4.52 Å². The Balaban J connectivity index is 1.78. The second-order valence-electron chi connectivity index (χ2n) is 8.10. The molecule has 0 amide bonds. The lowest BCUT2D eigenvalue weighted by atomic mass is 9.87. The van der Waals surface area contributed by atoms with Gasteiger partial charge in [0.25, 0.3) is 0 Å². The van der Waals surface area contributed by atoms with Crippen LogP contribution in [0.5, 0.6) is 0 Å². The Hall–Kier alpha value is -2.15. The van der Waals surface area contributed by atoms with Crippen molar-refractivity contribution in [3.8, 4) is 11.4 Å². The van der Waals surface area contributed by atoms with E-state index in [9.17, 15) is 0 Å². The molecule has 0 saturated carbocycles. The van der Waals surface area contributed by atoms with Crippen LogP contribution in [-0.2, 0) is 12.5 Å². The van der Waals surface area contributed by atoms with E-state index < -0.39 is 0 Å². The number of benzene rings is 1. The number of hydrogen-bond donors (Lipinski definition) is 0. The SMILES string of the molecule is CC(C)c1noc([C@H](C)Sc2nnc(-c3ccc(C(C)(C)C)cc3)n2C)n1. The highest BCUT2D eigenvalue weighted by molar-refractivity contribution is 7.99. The highest BCUT2D eigenvalue weighted by Crippen LogP contribution is 2.34. The van der Waals surface area contributed by atoms with E-state index in [1.807, 2.05) is 32.4 Å². The molecule has 144 valence electrons. The van der Waals surface area contributed by atoms with Crippen LogP contribution in [0.4, 0.5) is 0 Å². The fraction of sp³-hybridized carbons (Fsp3) is 0.500. The van der Waals surface area contributed by atoms with Gasteiger partial charge in [0.2, 0.25) is 5.89 Å². The summed E-state index contributed by atoms with van der Waals surface area (Å²) in [6.07, 6.45) is 0. The van der Waals surface area contributed by atoms with Crippen molar-refractivity contribution in [3.05, 3.63) is 41.5 Å². The molecule has 0 saturated heterocycles. The van der Waals surface area contributed by atoms with E-state index >= 15 is 0 Å². The van der Waals surface area contributed by atoms with E-state index in [1.54, 1.807) is 11.8 Å². The largest absolute Gasteiger partial charge is 0.338 e. The van der Waals surface area contributed by atoms with E-state index in [2.05, 4.69) is 65.4 Å². The molecule has 27 heavy (non-hydrogen) atoms. The third-order valence-electron chi connectivity index (χ3n) is 4.45. The van der Waals surface area contributed by atoms with E-state index in [1.165, 1.54) is 5.56 Å². The summed E-state index contributed by atoms with van der Waals surface area (Å²) < 4.78 is 7.40. The maximum atomic E-state index is 5.40. The van der Waals surface area contributed by atoms with E-state index in [-0.39, 0.29) is 16.6 Å². The first-order valence-corrected chi connectivity index (χ1v) is 10.0. The minimum atomic E-state index is 0.00372. The molecule has 2 heterocycles. The summed E-state index contributed by atoms with van der Waals surface area (Å²) in [4.78, 5) is 4.48. The highest BCUT2D eigenvalue weighted by atomic mass is 32.2. The summed E-state index contributed by atoms with van der Waals surface area (Å²) >= 11 is 1.56. The lowest BCUT2D eigenvalue weighted by Gasteiger charge is -2.19. The van der Waals surface area contributed by atoms with Crippen molar-refractivity contribution in [1.29, 1.82) is 0 Å². The predicted octanol–water partition coefficient (Wildman–Crippen LogP) is 5.14. The zero-order chi connectivity index (χ0) is 19.8. The molecule has 0 spiro atoms. The average molecular weight is 386 g/mol. The Morgan fingerprint density at radius 3 is 2.26 bits per heavy atom. The standard InChI is InChI=1S/C20H27N5OS/c1-12(2)16-21-18(26-24-16)13(3)27-19-23-22-17(25(19)7)14-8-10-15(11-9-14)20(4,5)6/h8-13H,1-7H3/t13-/m0/s1. The molecule has 3 rings (SSSR count). The Morgan fingerprint density at radius 1 is 1.04 bits per heavy atom. The molecule has 0 aliphatic carbocycles. The molecule has 2 aromatic heterocycles. The van der Waals surface area contributed by atoms with Crippen LogP contribution in [0.3, 0.4) is 0 Å². The number of thioether (sulfide) groups is 1. The fourth-order valence-corrected chi connectivity index (χ4v) is 3.49. The smallest absolute Gasteiger partial charge is 0.239 e. The van der Waals surface area contributed by atoms with Crippen LogP contribution in [0.2, 0.25) is 0 Å². The molecule has 0 aliphatic rings. The molecule has 0 unspecified atom stereocenters. The number of hydrogen-bond acceptors (Lipinski definition) is 6. The number of rotatable bonds is 5. The lowest BCUT2D eigenvalue weighted by Crippen LogP contribution is -2.10. The topological polar surface area (TPSA) is 69.6 Å². The van der Waals surface area contributed by atoms with Crippen molar-refractivity contribution in [2.45, 2.75) is 63.3 Å². The van der Waals surface area contributed by atoms with E-state index in [0.717, 1.165) is 22.4 Å². The summed E-state index contributed by atoms with van der Waals surface area (Å²) in [7, 11) is 1.98. The maximum absolute atomic E-state index is 5.40. The lowest BCUT2D eigenvalue weighted by molar-refractivity contribution is 0.373. The van der Waals surface area contributed by atoms with Gasteiger partial charge in [0.05, 0.1) is 5.25 Å². The van der Waals surface area contributed by atoms with Gasteiger partial charge in [0, 0.05) is 18.5 Å². The first-order valence-electron chi connectivity index (χ1n) is 9.17. The Labute approximate surface area is 164 Å². The molecule has 0 radical (unpaired) electrons. The van der Waals surface area contributed by atoms with Gasteiger partial charge in [-0.15, -0.1) is 10.2 Å². The van der Waals surface area contributed by atoms with Gasteiger partial charge in [-0.3, -0.25) is 0 Å². The molecular weight excluding hydrogens is 358 g/mol. The van der Waals surface area contributed by atoms with Crippen molar-refractivity contribution >= 4 is 11.8 Å². The van der Waals surface area contributed by atoms with Crippen molar-refractivity contribution in [2.24, 2.45) is 7.05 Å². The highest BCUT2D eigenvalue weighted by Gasteiger charge is 2.21. The second kappa shape index (κ2) is 7.46. The minimum Gasteiger partial charge on any atom is -0.338 e. The molecule has 0 N–H and O–H groups in total. The summed E-state index contributed by atoms with van der Waals surface area (Å²) in [5, 5.41) is 13.6. The predicted molar refractivity (Wildman–Crippen MR) is 108 cm³/mol. The van der Waals surface area contributed by atoms with Crippen LogP contribution in [0.25, 0.3) is 11.4 Å². The van der Waals surface area contributed by atoms with Crippen LogP contribution in [0.1, 0.15) is 70.0 Å². The maximum Gasteiger partial charge on any atom is 0.239 e. The van der Waals surface area contributed by atoms with Gasteiger partial charge in [-0.25, -0.2) is 0 Å². The zero-order valence-electron chi connectivity index (χ0n) is 17.0. The Bertz CT molecular complexity index is 905. The number of aromatic nitrogens is 5. The molecule has 7 heteroatoms. The van der Waals surface area contributed by atoms with Gasteiger partial charge in [-0.05, 0) is 17.9 Å². The third-order valence-corrected chi connectivity index (χ3v) is 5.57. The summed E-state index contributed by atoms with van der Waals surface area (Å²) in [5.41, 5.74) is 2.49. The van der Waals surface area contributed by atoms with Gasteiger partial charge < -0.3 is 9.09 Å². The monoisotopic (exact) mass is 385 g/mol. The van der Waals surface area contributed by atoms with Crippen LogP contribution in [0, 0.1) is 0 Å². The molecule has 0 aliphatic heterocycles. The van der Waals surface area contributed by atoms with Crippen LogP contribution in [0.15, 0.2) is 33.9 Å². The molecule has 3 aromatic rings. The fourth-order valence-electron chi connectivity index (χ4n) is 2.64. The van der Waals surface area contributed by atoms with Gasteiger partial charge in [0.1, 0.15) is 0 Å². The van der Waals surface area contributed by atoms with E-state index in [4.69, 9.17) is 4.52 Å². The summed E-state index contributed by atoms with van der Waals surface area (Å²) in [5.74, 6) is 2.44. The zero-order valence-corrected chi connectivity index (χ0v) is 17.8. The molecule has 6 nitrogen and oxygen atoms in total. The summed E-state index contributed by atoms with van der Waals surface area (Å²) in [6, 6.07) is 8.53. The third kappa shape index (κ3) is 4.24. The molecule has 0 fully saturated rings. The van der Waals surface area contributed by atoms with Gasteiger partial charge in [0.15, 0.2) is 16.8 Å². The van der Waals surface area contributed by atoms with Crippen molar-refractivity contribution in [2.75, 3.05) is 0 Å². The molecule has 1 atom stereocenters. The van der Waals surface area contributed by atoms with Gasteiger partial charge in [-0.2, -0.15) is 4.98 Å². The Morgan fingerprint density at radius 2 is 1.70 bits per heavy atom. The molecule has 1 aromatic carbocycles. The molecular formula is C20H27N5OS. The first-order chi connectivity index (χ1) is 12.7. The van der Waals surface area contributed by atoms with Crippen LogP contribution in [-0.4, -0.2) is 24.9 Å². The summed E-state index contributed by atoms with van der Waals surface area (Å²) in [6.45, 7) is 12.8. The Kier molecular flexibility index (Phi) is 5.42. The molecule has 0 bridgehead atoms.